The predicted octanol–water partition coefficient (Wildman–Crippen LogP) is 4.15. The number of nitrogens with one attached hydrogen (secondary N) is 1. The Morgan fingerprint density at radius 1 is 1.16 bits per heavy atom. The molecule has 2 aromatic rings. The van der Waals surface area contributed by atoms with Gasteiger partial charge in [0.25, 0.3) is 0 Å². The van der Waals surface area contributed by atoms with E-state index >= 15 is 0 Å². The maximum absolute atomic E-state index is 13.6. The highest BCUT2D eigenvalue weighted by atomic mass is 19.2. The molecule has 0 heterocycles. The molecule has 0 bridgehead atoms. The Morgan fingerprint density at radius 2 is 1.89 bits per heavy atom. The first-order chi connectivity index (χ1) is 8.99. The van der Waals surface area contributed by atoms with Gasteiger partial charge < -0.3 is 10.4 Å². The molecule has 0 aliphatic heterocycles. The fourth-order valence-corrected chi connectivity index (χ4v) is 1.88. The van der Waals surface area contributed by atoms with Gasteiger partial charge in [0, 0.05) is 17.3 Å². The first-order valence-electron chi connectivity index (χ1n) is 5.99. The Hall–Kier alpha value is -2.10. The first-order valence-corrected chi connectivity index (χ1v) is 5.99. The van der Waals surface area contributed by atoms with Gasteiger partial charge in [-0.3, -0.25) is 0 Å². The van der Waals surface area contributed by atoms with Crippen molar-refractivity contribution in [3.63, 3.8) is 0 Å². The van der Waals surface area contributed by atoms with Crippen molar-refractivity contribution >= 4 is 5.69 Å². The lowest BCUT2D eigenvalue weighted by molar-refractivity contribution is 0.471. The van der Waals surface area contributed by atoms with Gasteiger partial charge in [-0.1, -0.05) is 18.2 Å². The van der Waals surface area contributed by atoms with Gasteiger partial charge in [-0.25, -0.2) is 8.78 Å². The van der Waals surface area contributed by atoms with Gasteiger partial charge in [0.2, 0.25) is 0 Å². The number of phenols is 1. The molecule has 0 radical (unpaired) electrons. The molecule has 2 rings (SSSR count). The molecule has 1 unspecified atom stereocenters. The number of aryl methyl sites for hydroxylation is 1. The number of phenolic OH excluding ortho intramolecular Hbond substituents is 1. The van der Waals surface area contributed by atoms with Crippen molar-refractivity contribution in [2.75, 3.05) is 5.32 Å². The summed E-state index contributed by atoms with van der Waals surface area (Å²) in [5.41, 5.74) is 1.66. The predicted molar refractivity (Wildman–Crippen MR) is 71.2 cm³/mol. The molecule has 0 aliphatic rings. The summed E-state index contributed by atoms with van der Waals surface area (Å²) >= 11 is 0. The molecule has 100 valence electrons. The Balaban J connectivity index is 2.23. The molecule has 0 spiro atoms. The number of aromatic hydroxyl groups is 1. The van der Waals surface area contributed by atoms with E-state index in [0.29, 0.717) is 5.69 Å². The summed E-state index contributed by atoms with van der Waals surface area (Å²) in [7, 11) is 0. The van der Waals surface area contributed by atoms with Gasteiger partial charge in [0.05, 0.1) is 6.04 Å². The zero-order chi connectivity index (χ0) is 14.0. The van der Waals surface area contributed by atoms with E-state index in [1.165, 1.54) is 12.1 Å². The number of benzene rings is 2. The Morgan fingerprint density at radius 3 is 2.58 bits per heavy atom. The molecule has 2 N–H and O–H groups in total. The molecule has 2 nitrogen and oxygen atoms in total. The maximum Gasteiger partial charge on any atom is 0.164 e. The molecule has 0 aromatic heterocycles. The second kappa shape index (κ2) is 5.26. The highest BCUT2D eigenvalue weighted by Gasteiger charge is 2.14. The lowest BCUT2D eigenvalue weighted by Crippen LogP contribution is -2.09. The standard InChI is InChI=1S/C15H15F2NO/c1-9-6-7-11(8-14(9)19)18-10(2)12-4-3-5-13(16)15(12)17/h3-8,10,18-19H,1-2H3. The molecular formula is C15H15F2NO. The number of anilines is 1. The van der Waals surface area contributed by atoms with Gasteiger partial charge >= 0.3 is 0 Å². The molecular weight excluding hydrogens is 248 g/mol. The zero-order valence-corrected chi connectivity index (χ0v) is 10.7. The first kappa shape index (κ1) is 13.3. The van der Waals surface area contributed by atoms with Crippen molar-refractivity contribution in [1.82, 2.24) is 0 Å². The third-order valence-electron chi connectivity index (χ3n) is 3.04. The van der Waals surface area contributed by atoms with Crippen LogP contribution in [0.1, 0.15) is 24.1 Å². The summed E-state index contributed by atoms with van der Waals surface area (Å²) in [4.78, 5) is 0. The lowest BCUT2D eigenvalue weighted by atomic mass is 10.1. The largest absolute Gasteiger partial charge is 0.508 e. The molecule has 0 saturated carbocycles. The van der Waals surface area contributed by atoms with Gasteiger partial charge in [-0.15, -0.1) is 0 Å². The number of halogens is 2. The number of hydrogen-bond acceptors (Lipinski definition) is 2. The second-order valence-corrected chi connectivity index (χ2v) is 4.51. The van der Waals surface area contributed by atoms with Crippen molar-refractivity contribution < 1.29 is 13.9 Å². The van der Waals surface area contributed by atoms with E-state index in [1.807, 2.05) is 0 Å². The SMILES string of the molecule is Cc1ccc(NC(C)c2cccc(F)c2F)cc1O. The third kappa shape index (κ3) is 2.84. The van der Waals surface area contributed by atoms with E-state index < -0.39 is 17.7 Å². The fraction of sp³-hybridized carbons (Fsp3) is 0.200. The van der Waals surface area contributed by atoms with E-state index in [9.17, 15) is 13.9 Å². The summed E-state index contributed by atoms with van der Waals surface area (Å²) in [6.45, 7) is 3.52. The molecule has 0 aliphatic carbocycles. The zero-order valence-electron chi connectivity index (χ0n) is 10.7. The van der Waals surface area contributed by atoms with Crippen molar-refractivity contribution in [2.45, 2.75) is 19.9 Å². The summed E-state index contributed by atoms with van der Waals surface area (Å²) < 4.78 is 26.8. The quantitative estimate of drug-likeness (QED) is 0.871. The third-order valence-corrected chi connectivity index (χ3v) is 3.04. The Labute approximate surface area is 110 Å². The molecule has 0 fully saturated rings. The van der Waals surface area contributed by atoms with E-state index in [0.717, 1.165) is 11.6 Å². The highest BCUT2D eigenvalue weighted by molar-refractivity contribution is 5.52. The van der Waals surface area contributed by atoms with E-state index in [-0.39, 0.29) is 11.3 Å². The Kier molecular flexibility index (Phi) is 3.69. The van der Waals surface area contributed by atoms with Gasteiger partial charge in [0.1, 0.15) is 5.75 Å². The van der Waals surface area contributed by atoms with Crippen LogP contribution in [0, 0.1) is 18.6 Å². The molecule has 0 saturated heterocycles. The van der Waals surface area contributed by atoms with Crippen molar-refractivity contribution in [2.24, 2.45) is 0 Å². The van der Waals surface area contributed by atoms with Crippen LogP contribution in [0.3, 0.4) is 0 Å². The number of rotatable bonds is 3. The van der Waals surface area contributed by atoms with E-state index in [4.69, 9.17) is 0 Å². The second-order valence-electron chi connectivity index (χ2n) is 4.51. The maximum atomic E-state index is 13.6. The summed E-state index contributed by atoms with van der Waals surface area (Å²) in [5, 5.41) is 12.6. The van der Waals surface area contributed by atoms with Crippen LogP contribution < -0.4 is 5.32 Å². The minimum atomic E-state index is -0.863. The molecule has 0 amide bonds. The average Bonchev–Trinajstić information content (AvgIpc) is 2.37. The van der Waals surface area contributed by atoms with Crippen LogP contribution in [-0.4, -0.2) is 5.11 Å². The van der Waals surface area contributed by atoms with Crippen molar-refractivity contribution in [1.29, 1.82) is 0 Å². The van der Waals surface area contributed by atoms with Crippen LogP contribution >= 0.6 is 0 Å². The molecule has 4 heteroatoms. The van der Waals surface area contributed by atoms with Crippen LogP contribution in [0.4, 0.5) is 14.5 Å². The molecule has 1 atom stereocenters. The minimum absolute atomic E-state index is 0.164. The van der Waals surface area contributed by atoms with Crippen LogP contribution in [0.2, 0.25) is 0 Å². The summed E-state index contributed by atoms with van der Waals surface area (Å²) in [6, 6.07) is 8.78. The lowest BCUT2D eigenvalue weighted by Gasteiger charge is -2.17. The average molecular weight is 263 g/mol. The van der Waals surface area contributed by atoms with Crippen molar-refractivity contribution in [3.05, 3.63) is 59.2 Å². The van der Waals surface area contributed by atoms with Crippen LogP contribution in [-0.2, 0) is 0 Å². The smallest absolute Gasteiger partial charge is 0.164 e. The highest BCUT2D eigenvalue weighted by Crippen LogP contribution is 2.26. The fourth-order valence-electron chi connectivity index (χ4n) is 1.88. The Bertz CT molecular complexity index is 599. The van der Waals surface area contributed by atoms with Crippen LogP contribution in [0.25, 0.3) is 0 Å². The molecule has 19 heavy (non-hydrogen) atoms. The normalized spacial score (nSPS) is 12.2. The van der Waals surface area contributed by atoms with Crippen LogP contribution in [0.15, 0.2) is 36.4 Å². The minimum Gasteiger partial charge on any atom is -0.508 e. The van der Waals surface area contributed by atoms with E-state index in [1.54, 1.807) is 32.0 Å². The molecule has 2 aromatic carbocycles. The summed E-state index contributed by atoms with van der Waals surface area (Å²) in [5.74, 6) is -1.55. The van der Waals surface area contributed by atoms with Crippen molar-refractivity contribution in [3.8, 4) is 5.75 Å². The van der Waals surface area contributed by atoms with Gasteiger partial charge in [-0.2, -0.15) is 0 Å². The summed E-state index contributed by atoms with van der Waals surface area (Å²) in [6.07, 6.45) is 0. The topological polar surface area (TPSA) is 32.3 Å². The van der Waals surface area contributed by atoms with Gasteiger partial charge in [0.15, 0.2) is 11.6 Å². The van der Waals surface area contributed by atoms with E-state index in [2.05, 4.69) is 5.32 Å². The monoisotopic (exact) mass is 263 g/mol. The number of hydrogen-bond donors (Lipinski definition) is 2. The van der Waals surface area contributed by atoms with Crippen LogP contribution in [0.5, 0.6) is 5.75 Å². The van der Waals surface area contributed by atoms with Gasteiger partial charge in [-0.05, 0) is 31.5 Å².